The normalized spacial score (nSPS) is 29.0. The molecule has 1 aromatic carbocycles. The van der Waals surface area contributed by atoms with E-state index in [0.717, 1.165) is 30.7 Å². The molecule has 1 N–H and O–H groups in total. The lowest BCUT2D eigenvalue weighted by molar-refractivity contribution is -0.0766. The summed E-state index contributed by atoms with van der Waals surface area (Å²) in [6.45, 7) is 3.15. The average Bonchev–Trinajstić information content (AvgIpc) is 2.42. The highest BCUT2D eigenvalue weighted by atomic mass is 35.5. The zero-order valence-electron chi connectivity index (χ0n) is 13.5. The summed E-state index contributed by atoms with van der Waals surface area (Å²) in [4.78, 5) is 2.17. The monoisotopic (exact) mass is 313 g/mol. The highest BCUT2D eigenvalue weighted by Crippen LogP contribution is 2.44. The first kappa shape index (κ1) is 18.3. The van der Waals surface area contributed by atoms with Crippen LogP contribution in [-0.2, 0) is 5.60 Å². The Hall–Kier alpha value is -0.770. The van der Waals surface area contributed by atoms with Gasteiger partial charge in [0.1, 0.15) is 5.75 Å². The molecule has 1 fully saturated rings. The molecule has 0 aliphatic heterocycles. The van der Waals surface area contributed by atoms with Crippen molar-refractivity contribution in [2.75, 3.05) is 27.7 Å². The van der Waals surface area contributed by atoms with Gasteiger partial charge >= 0.3 is 0 Å². The van der Waals surface area contributed by atoms with E-state index in [1.165, 1.54) is 6.42 Å². The fraction of sp³-hybridized carbons (Fsp3) is 0.647. The summed E-state index contributed by atoms with van der Waals surface area (Å²) in [6.07, 6.45) is 3.11. The van der Waals surface area contributed by atoms with Crippen molar-refractivity contribution in [3.05, 3.63) is 29.8 Å². The molecule has 0 aromatic heterocycles. The Kier molecular flexibility index (Phi) is 6.51. The Morgan fingerprint density at radius 1 is 1.33 bits per heavy atom. The molecular weight excluding hydrogens is 286 g/mol. The largest absolute Gasteiger partial charge is 0.497 e. The molecule has 0 amide bonds. The topological polar surface area (TPSA) is 32.7 Å². The first-order chi connectivity index (χ1) is 9.45. The van der Waals surface area contributed by atoms with E-state index in [0.29, 0.717) is 5.92 Å². The smallest absolute Gasteiger partial charge is 0.119 e. The zero-order chi connectivity index (χ0) is 14.8. The summed E-state index contributed by atoms with van der Waals surface area (Å²) in [5.41, 5.74) is 0.256. The highest BCUT2D eigenvalue weighted by Gasteiger charge is 2.42. The van der Waals surface area contributed by atoms with Gasteiger partial charge in [-0.15, -0.1) is 12.4 Å². The minimum absolute atomic E-state index is 0. The van der Waals surface area contributed by atoms with Crippen LogP contribution >= 0.6 is 12.4 Å². The van der Waals surface area contributed by atoms with Crippen LogP contribution in [0.2, 0.25) is 0 Å². The van der Waals surface area contributed by atoms with Crippen LogP contribution in [0.15, 0.2) is 24.3 Å². The van der Waals surface area contributed by atoms with Gasteiger partial charge in [0.15, 0.2) is 0 Å². The second kappa shape index (κ2) is 7.48. The maximum atomic E-state index is 11.4. The molecule has 4 heteroatoms. The van der Waals surface area contributed by atoms with Crippen molar-refractivity contribution < 1.29 is 9.84 Å². The Morgan fingerprint density at radius 3 is 2.67 bits per heavy atom. The summed E-state index contributed by atoms with van der Waals surface area (Å²) < 4.78 is 5.31. The third kappa shape index (κ3) is 4.12. The van der Waals surface area contributed by atoms with Crippen molar-refractivity contribution in [1.29, 1.82) is 0 Å². The highest BCUT2D eigenvalue weighted by molar-refractivity contribution is 5.85. The minimum Gasteiger partial charge on any atom is -0.497 e. The predicted octanol–water partition coefficient (Wildman–Crippen LogP) is 3.30. The van der Waals surface area contributed by atoms with Crippen LogP contribution < -0.4 is 4.74 Å². The first-order valence-corrected chi connectivity index (χ1v) is 7.47. The maximum absolute atomic E-state index is 11.4. The second-order valence-electron chi connectivity index (χ2n) is 6.50. The van der Waals surface area contributed by atoms with Crippen molar-refractivity contribution in [3.63, 3.8) is 0 Å². The molecule has 3 unspecified atom stereocenters. The number of benzene rings is 1. The molecular formula is C17H28ClNO2. The van der Waals surface area contributed by atoms with Crippen LogP contribution in [-0.4, -0.2) is 37.8 Å². The lowest BCUT2D eigenvalue weighted by Crippen LogP contribution is -2.45. The van der Waals surface area contributed by atoms with Gasteiger partial charge in [0.05, 0.1) is 12.7 Å². The lowest BCUT2D eigenvalue weighted by atomic mass is 9.68. The Bertz CT molecular complexity index is 452. The third-order valence-corrected chi connectivity index (χ3v) is 4.50. The van der Waals surface area contributed by atoms with Gasteiger partial charge in [-0.25, -0.2) is 0 Å². The van der Waals surface area contributed by atoms with Gasteiger partial charge in [0.25, 0.3) is 0 Å². The van der Waals surface area contributed by atoms with Gasteiger partial charge in [-0.1, -0.05) is 25.5 Å². The molecule has 3 nitrogen and oxygen atoms in total. The number of hydrogen-bond donors (Lipinski definition) is 1. The third-order valence-electron chi connectivity index (χ3n) is 4.50. The van der Waals surface area contributed by atoms with E-state index in [2.05, 4.69) is 25.9 Å². The molecule has 3 atom stereocenters. The quantitative estimate of drug-likeness (QED) is 0.925. The van der Waals surface area contributed by atoms with Gasteiger partial charge < -0.3 is 14.7 Å². The molecule has 2 rings (SSSR count). The van der Waals surface area contributed by atoms with Crippen molar-refractivity contribution in [3.8, 4) is 5.75 Å². The number of hydrogen-bond acceptors (Lipinski definition) is 3. The Labute approximate surface area is 134 Å². The van der Waals surface area contributed by atoms with Crippen LogP contribution in [0.5, 0.6) is 5.75 Å². The van der Waals surface area contributed by atoms with Crippen molar-refractivity contribution in [1.82, 2.24) is 4.90 Å². The van der Waals surface area contributed by atoms with E-state index in [1.54, 1.807) is 7.11 Å². The van der Waals surface area contributed by atoms with Crippen molar-refractivity contribution in [2.24, 2.45) is 11.8 Å². The van der Waals surface area contributed by atoms with Gasteiger partial charge in [-0.05, 0) is 50.6 Å². The molecule has 1 aliphatic carbocycles. The number of nitrogens with zero attached hydrogens (tertiary/aromatic N) is 1. The van der Waals surface area contributed by atoms with E-state index in [9.17, 15) is 5.11 Å². The van der Waals surface area contributed by atoms with E-state index in [4.69, 9.17) is 4.74 Å². The molecule has 0 saturated heterocycles. The maximum Gasteiger partial charge on any atom is 0.119 e. The molecule has 1 saturated carbocycles. The zero-order valence-corrected chi connectivity index (χ0v) is 14.3. The van der Waals surface area contributed by atoms with E-state index in [1.807, 2.05) is 24.3 Å². The molecule has 0 spiro atoms. The molecule has 0 bridgehead atoms. The van der Waals surface area contributed by atoms with Crippen molar-refractivity contribution in [2.45, 2.75) is 31.8 Å². The molecule has 120 valence electrons. The summed E-state index contributed by atoms with van der Waals surface area (Å²) in [7, 11) is 5.82. The molecule has 1 aromatic rings. The van der Waals surface area contributed by atoms with E-state index in [-0.39, 0.29) is 18.3 Å². The second-order valence-corrected chi connectivity index (χ2v) is 6.50. The van der Waals surface area contributed by atoms with Gasteiger partial charge in [0.2, 0.25) is 0 Å². The Morgan fingerprint density at radius 2 is 2.05 bits per heavy atom. The summed E-state index contributed by atoms with van der Waals surface area (Å²) >= 11 is 0. The number of ether oxygens (including phenoxy) is 1. The van der Waals surface area contributed by atoms with Crippen molar-refractivity contribution >= 4 is 12.4 Å². The predicted molar refractivity (Wildman–Crippen MR) is 89.2 cm³/mol. The summed E-state index contributed by atoms with van der Waals surface area (Å²) in [6, 6.07) is 7.92. The summed E-state index contributed by atoms with van der Waals surface area (Å²) in [5.74, 6) is 1.66. The minimum atomic E-state index is -0.740. The standard InChI is InChI=1S/C17H27NO2.ClH/c1-13-8-9-15(12-18(2)3)17(19,11-13)14-6-5-7-16(10-14)20-4;/h5-7,10,13,15,19H,8-9,11-12H2,1-4H3;1H. The van der Waals surface area contributed by atoms with Gasteiger partial charge in [0, 0.05) is 12.5 Å². The van der Waals surface area contributed by atoms with Crippen LogP contribution in [0.25, 0.3) is 0 Å². The number of methoxy groups -OCH3 is 1. The number of rotatable bonds is 4. The Balaban J connectivity index is 0.00000220. The first-order valence-electron chi connectivity index (χ1n) is 7.47. The number of aliphatic hydroxyl groups is 1. The van der Waals surface area contributed by atoms with E-state index < -0.39 is 5.60 Å². The molecule has 0 radical (unpaired) electrons. The molecule has 0 heterocycles. The van der Waals surface area contributed by atoms with Gasteiger partial charge in [-0.2, -0.15) is 0 Å². The lowest BCUT2D eigenvalue weighted by Gasteiger charge is -2.44. The molecule has 21 heavy (non-hydrogen) atoms. The molecule has 1 aliphatic rings. The fourth-order valence-corrected chi connectivity index (χ4v) is 3.45. The van der Waals surface area contributed by atoms with E-state index >= 15 is 0 Å². The van der Waals surface area contributed by atoms with Crippen LogP contribution in [0.4, 0.5) is 0 Å². The number of halogens is 1. The van der Waals surface area contributed by atoms with Crippen LogP contribution in [0, 0.1) is 11.8 Å². The average molecular weight is 314 g/mol. The van der Waals surface area contributed by atoms with Crippen LogP contribution in [0.1, 0.15) is 31.7 Å². The van der Waals surface area contributed by atoms with Gasteiger partial charge in [-0.3, -0.25) is 0 Å². The summed E-state index contributed by atoms with van der Waals surface area (Å²) in [5, 5.41) is 11.4. The fourth-order valence-electron chi connectivity index (χ4n) is 3.45. The van der Waals surface area contributed by atoms with Crippen LogP contribution in [0.3, 0.4) is 0 Å². The SMILES string of the molecule is COc1cccc(C2(O)CC(C)CCC2CN(C)C)c1.Cl.